The molecule has 0 spiro atoms. The molecule has 5 heterocycles. The molecule has 0 aromatic heterocycles. The van der Waals surface area contributed by atoms with E-state index in [0.717, 1.165) is 0 Å². The number of ether oxygens (including phenoxy) is 9. The lowest BCUT2D eigenvalue weighted by Gasteiger charge is -2.50. The van der Waals surface area contributed by atoms with Gasteiger partial charge in [0.05, 0.1) is 31.5 Å². The van der Waals surface area contributed by atoms with Crippen LogP contribution in [-0.4, -0.2) is 238 Å². The molecule has 25 atom stereocenters. The second-order valence-corrected chi connectivity index (χ2v) is 13.9. The van der Waals surface area contributed by atoms with Gasteiger partial charge in [0, 0.05) is 0 Å². The summed E-state index contributed by atoms with van der Waals surface area (Å²) in [6.07, 6.45) is -41.4. The van der Waals surface area contributed by atoms with Crippen molar-refractivity contribution >= 4 is 0 Å². The quantitative estimate of drug-likeness (QED) is 0.0978. The molecule has 0 radical (unpaired) electrons. The third-order valence-electron chi connectivity index (χ3n) is 10.2. The van der Waals surface area contributed by atoms with Gasteiger partial charge in [-0.05, 0) is 20.8 Å². The molecule has 5 aliphatic heterocycles. The van der Waals surface area contributed by atoms with Crippen molar-refractivity contribution in [3.05, 3.63) is 0 Å². The second-order valence-electron chi connectivity index (χ2n) is 13.9. The molecule has 0 bridgehead atoms. The highest BCUT2D eigenvalue weighted by Gasteiger charge is 2.56. The Morgan fingerprint density at radius 2 is 0.717 bits per heavy atom. The summed E-state index contributed by atoms with van der Waals surface area (Å²) in [6, 6.07) is 0. The van der Waals surface area contributed by atoms with Gasteiger partial charge >= 0.3 is 0 Å². The van der Waals surface area contributed by atoms with Crippen LogP contribution in [0.5, 0.6) is 0 Å². The van der Waals surface area contributed by atoms with Crippen molar-refractivity contribution < 1.29 is 114 Å². The number of aliphatic hydroxyl groups is 14. The van der Waals surface area contributed by atoms with Crippen molar-refractivity contribution in [2.75, 3.05) is 13.2 Å². The van der Waals surface area contributed by atoms with Crippen molar-refractivity contribution in [1.29, 1.82) is 0 Å². The average molecular weight is 781 g/mol. The smallest absolute Gasteiger partial charge is 0.187 e. The van der Waals surface area contributed by atoms with Gasteiger partial charge in [-0.3, -0.25) is 0 Å². The maximum absolute atomic E-state index is 11.6. The Bertz CT molecular complexity index is 1160. The van der Waals surface area contributed by atoms with E-state index in [0.29, 0.717) is 0 Å². The normalized spacial score (nSPS) is 55.5. The first-order valence-corrected chi connectivity index (χ1v) is 17.2. The van der Waals surface area contributed by atoms with E-state index >= 15 is 0 Å². The van der Waals surface area contributed by atoms with Crippen molar-refractivity contribution in [2.24, 2.45) is 0 Å². The van der Waals surface area contributed by atoms with Gasteiger partial charge < -0.3 is 114 Å². The standard InChI is InChI=1S/C30H52O23/c1-6-11(33)14(36)18(40)27(45-6)51-23-8(3)47-30(21(43)24(23)52-29-19(41)15(37)12(34)10(5-32)49-29)50-22-7(2)46-28(20(42)17(22)39)53-25-16(38)13(35)9(4-31)48-26(25)44/h6-44H,4-5H2,1-3H3/t6-,7-,8-,9+,10+,11-,12+,13+,14+,15-,16-,17-,18+,19+,20+,21+,22-,23-,24-,25+,26?,27-,28-,29-,30-/m0/s1. The van der Waals surface area contributed by atoms with Crippen LogP contribution in [0.15, 0.2) is 0 Å². The van der Waals surface area contributed by atoms with E-state index in [2.05, 4.69) is 0 Å². The number of aliphatic hydroxyl groups excluding tert-OH is 14. The average Bonchev–Trinajstić information content (AvgIpc) is 3.13. The van der Waals surface area contributed by atoms with E-state index in [-0.39, 0.29) is 0 Å². The van der Waals surface area contributed by atoms with Gasteiger partial charge in [-0.2, -0.15) is 0 Å². The molecule has 5 rings (SSSR count). The molecule has 0 aromatic carbocycles. The molecule has 14 N–H and O–H groups in total. The first kappa shape index (κ1) is 43.2. The van der Waals surface area contributed by atoms with Gasteiger partial charge in [-0.15, -0.1) is 0 Å². The minimum absolute atomic E-state index is 0.739. The van der Waals surface area contributed by atoms with Crippen molar-refractivity contribution in [3.8, 4) is 0 Å². The Kier molecular flexibility index (Phi) is 14.4. The third kappa shape index (κ3) is 8.68. The molecule has 1 unspecified atom stereocenters. The first-order valence-electron chi connectivity index (χ1n) is 17.2. The molecule has 23 nitrogen and oxygen atoms in total. The predicted molar refractivity (Wildman–Crippen MR) is 162 cm³/mol. The van der Waals surface area contributed by atoms with Gasteiger partial charge in [0.1, 0.15) is 104 Å². The van der Waals surface area contributed by atoms with Gasteiger partial charge in [-0.25, -0.2) is 0 Å². The van der Waals surface area contributed by atoms with Crippen LogP contribution in [-0.2, 0) is 42.6 Å². The molecule has 310 valence electrons. The zero-order chi connectivity index (χ0) is 39.2. The summed E-state index contributed by atoms with van der Waals surface area (Å²) in [6.45, 7) is 2.60. The van der Waals surface area contributed by atoms with Crippen molar-refractivity contribution in [3.63, 3.8) is 0 Å². The Morgan fingerprint density at radius 1 is 0.340 bits per heavy atom. The van der Waals surface area contributed by atoms with Gasteiger partial charge in [0.25, 0.3) is 0 Å². The fraction of sp³-hybridized carbons (Fsp3) is 1.00. The molecular formula is C30H52O23. The summed E-state index contributed by atoms with van der Waals surface area (Å²) in [5.41, 5.74) is 0. The van der Waals surface area contributed by atoms with Gasteiger partial charge in [-0.1, -0.05) is 0 Å². The molecular weight excluding hydrogens is 728 g/mol. The Hall–Kier alpha value is -0.920. The number of hydrogen-bond donors (Lipinski definition) is 14. The molecule has 0 aliphatic carbocycles. The summed E-state index contributed by atoms with van der Waals surface area (Å²) < 4.78 is 50.7. The minimum Gasteiger partial charge on any atom is -0.394 e. The zero-order valence-corrected chi connectivity index (χ0v) is 28.8. The highest BCUT2D eigenvalue weighted by atomic mass is 16.8. The fourth-order valence-electron chi connectivity index (χ4n) is 6.89. The van der Waals surface area contributed by atoms with Crippen LogP contribution in [0.4, 0.5) is 0 Å². The maximum Gasteiger partial charge on any atom is 0.187 e. The van der Waals surface area contributed by atoms with E-state index in [9.17, 15) is 71.5 Å². The van der Waals surface area contributed by atoms with E-state index in [1.807, 2.05) is 0 Å². The fourth-order valence-corrected chi connectivity index (χ4v) is 6.89. The number of rotatable bonds is 10. The molecule has 5 aliphatic rings. The predicted octanol–water partition coefficient (Wildman–Crippen LogP) is -8.84. The molecule has 23 heteroatoms. The molecule has 0 aromatic rings. The Morgan fingerprint density at radius 3 is 1.30 bits per heavy atom. The van der Waals surface area contributed by atoms with E-state index in [1.54, 1.807) is 0 Å². The second kappa shape index (κ2) is 17.7. The molecule has 53 heavy (non-hydrogen) atoms. The molecule has 0 amide bonds. The van der Waals surface area contributed by atoms with Gasteiger partial charge in [0.15, 0.2) is 31.5 Å². The van der Waals surface area contributed by atoms with Crippen LogP contribution >= 0.6 is 0 Å². The van der Waals surface area contributed by atoms with Crippen LogP contribution in [0.25, 0.3) is 0 Å². The molecule has 5 fully saturated rings. The van der Waals surface area contributed by atoms with Crippen LogP contribution in [0.1, 0.15) is 20.8 Å². The lowest BCUT2D eigenvalue weighted by atomic mass is 9.95. The van der Waals surface area contributed by atoms with Gasteiger partial charge in [0.2, 0.25) is 0 Å². The number of hydrogen-bond acceptors (Lipinski definition) is 23. The summed E-state index contributed by atoms with van der Waals surface area (Å²) in [5, 5.41) is 146. The van der Waals surface area contributed by atoms with Crippen LogP contribution in [0.3, 0.4) is 0 Å². The lowest BCUT2D eigenvalue weighted by molar-refractivity contribution is -0.399. The zero-order valence-electron chi connectivity index (χ0n) is 28.8. The van der Waals surface area contributed by atoms with Crippen LogP contribution in [0.2, 0.25) is 0 Å². The summed E-state index contributed by atoms with van der Waals surface area (Å²) >= 11 is 0. The monoisotopic (exact) mass is 780 g/mol. The SMILES string of the molecule is C[C@@H]1O[C@@H](O[C@@H]2[C@@H](O[C@@H]3O[C@H](CO)[C@@H](O)[C@H](O)[C@H]3O)[C@@H](O)[C@H](O[C@@H]3[C@@H](O)[C@@H](O)[C@H](O[C@H]4C(O)O[C@H](CO)[C@@H](O)[C@@H]4O)O[C@H]3C)O[C@H]2C)[C@H](O)[C@H](O)[C@H]1O. The topological polar surface area (TPSA) is 366 Å². The first-order chi connectivity index (χ1) is 24.9. The Labute approximate surface area is 301 Å². The van der Waals surface area contributed by atoms with E-state index in [4.69, 9.17) is 42.6 Å². The lowest BCUT2D eigenvalue weighted by Crippen LogP contribution is -2.67. The highest BCUT2D eigenvalue weighted by Crippen LogP contribution is 2.36. The summed E-state index contributed by atoms with van der Waals surface area (Å²) in [4.78, 5) is 0. The molecule has 0 saturated carbocycles. The molecule has 5 saturated heterocycles. The van der Waals surface area contributed by atoms with Crippen molar-refractivity contribution in [1.82, 2.24) is 0 Å². The largest absolute Gasteiger partial charge is 0.394 e. The summed E-state index contributed by atoms with van der Waals surface area (Å²) in [7, 11) is 0. The van der Waals surface area contributed by atoms with Crippen LogP contribution < -0.4 is 0 Å². The van der Waals surface area contributed by atoms with E-state index < -0.39 is 167 Å². The minimum atomic E-state index is -1.96. The summed E-state index contributed by atoms with van der Waals surface area (Å²) in [5.74, 6) is 0. The highest BCUT2D eigenvalue weighted by molar-refractivity contribution is 4.98. The third-order valence-corrected chi connectivity index (χ3v) is 10.2. The Balaban J connectivity index is 1.33. The van der Waals surface area contributed by atoms with Crippen molar-refractivity contribution in [2.45, 2.75) is 174 Å². The van der Waals surface area contributed by atoms with Crippen LogP contribution in [0, 0.1) is 0 Å². The maximum atomic E-state index is 11.6. The van der Waals surface area contributed by atoms with E-state index in [1.165, 1.54) is 20.8 Å².